The van der Waals surface area contributed by atoms with E-state index in [1.54, 1.807) is 12.3 Å². The van der Waals surface area contributed by atoms with E-state index in [9.17, 15) is 5.11 Å². The van der Waals surface area contributed by atoms with E-state index < -0.39 is 0 Å². The van der Waals surface area contributed by atoms with Crippen molar-refractivity contribution < 1.29 is 5.11 Å². The average molecular weight is 425 g/mol. The van der Waals surface area contributed by atoms with Gasteiger partial charge in [-0.1, -0.05) is 11.6 Å². The summed E-state index contributed by atoms with van der Waals surface area (Å²) in [5.74, 6) is 1.28. The molecule has 3 rings (SSSR count). The molecule has 0 unspecified atom stereocenters. The Hall–Kier alpha value is -1.72. The van der Waals surface area contributed by atoms with Gasteiger partial charge in [-0.15, -0.1) is 23.2 Å². The second kappa shape index (κ2) is 9.47. The number of nitrogens with zero attached hydrogens (tertiary/aromatic N) is 2. The lowest BCUT2D eigenvalue weighted by Gasteiger charge is -2.21. The number of benzene rings is 2. The number of phenols is 1. The molecule has 1 heterocycles. The molecule has 0 amide bonds. The SMILES string of the molecule is Oc1ccc(Nc2ccnc3cc(Cl)ccc23)cc1CN(CCCl)CCCl. The quantitative estimate of drug-likeness (QED) is 0.364. The van der Waals surface area contributed by atoms with Crippen molar-refractivity contribution in [2.24, 2.45) is 0 Å². The normalized spacial score (nSPS) is 11.3. The van der Waals surface area contributed by atoms with Gasteiger partial charge in [0.15, 0.2) is 0 Å². The summed E-state index contributed by atoms with van der Waals surface area (Å²) in [4.78, 5) is 6.47. The van der Waals surface area contributed by atoms with E-state index in [2.05, 4.69) is 15.2 Å². The zero-order chi connectivity index (χ0) is 19.2. The van der Waals surface area contributed by atoms with Crippen LogP contribution in [-0.4, -0.2) is 39.8 Å². The molecule has 0 saturated carbocycles. The standard InChI is InChI=1S/C20H20Cl3N3O/c21-6-9-26(10-7-22)13-14-11-16(2-4-20(14)27)25-18-5-8-24-19-12-15(23)1-3-17(18)19/h1-5,8,11-12,27H,6-7,9-10,13H2,(H,24,25). The lowest BCUT2D eigenvalue weighted by atomic mass is 10.1. The van der Waals surface area contributed by atoms with Gasteiger partial charge in [0.25, 0.3) is 0 Å². The fourth-order valence-electron chi connectivity index (χ4n) is 2.93. The van der Waals surface area contributed by atoms with Crippen molar-refractivity contribution in [3.8, 4) is 5.75 Å². The van der Waals surface area contributed by atoms with Crippen LogP contribution in [0.1, 0.15) is 5.56 Å². The summed E-state index contributed by atoms with van der Waals surface area (Å²) in [6.07, 6.45) is 1.74. The fourth-order valence-corrected chi connectivity index (χ4v) is 3.57. The van der Waals surface area contributed by atoms with Crippen molar-refractivity contribution in [2.75, 3.05) is 30.2 Å². The van der Waals surface area contributed by atoms with Gasteiger partial charge in [-0.05, 0) is 42.5 Å². The number of nitrogens with one attached hydrogen (secondary N) is 1. The summed E-state index contributed by atoms with van der Waals surface area (Å²) in [5.41, 5.74) is 3.44. The highest BCUT2D eigenvalue weighted by Gasteiger charge is 2.10. The van der Waals surface area contributed by atoms with Gasteiger partial charge in [0.2, 0.25) is 0 Å². The number of alkyl halides is 2. The van der Waals surface area contributed by atoms with Crippen molar-refractivity contribution in [3.05, 3.63) is 59.2 Å². The Bertz CT molecular complexity index is 914. The monoisotopic (exact) mass is 423 g/mol. The molecule has 27 heavy (non-hydrogen) atoms. The Labute approximate surface area is 173 Å². The number of aromatic nitrogens is 1. The molecule has 0 saturated heterocycles. The van der Waals surface area contributed by atoms with Gasteiger partial charge < -0.3 is 10.4 Å². The maximum Gasteiger partial charge on any atom is 0.120 e. The second-order valence-corrected chi connectivity index (χ2v) is 7.33. The van der Waals surface area contributed by atoms with Gasteiger partial charge in [-0.25, -0.2) is 0 Å². The molecule has 2 aromatic carbocycles. The number of rotatable bonds is 8. The molecule has 0 spiro atoms. The van der Waals surface area contributed by atoms with Crippen molar-refractivity contribution in [3.63, 3.8) is 0 Å². The van der Waals surface area contributed by atoms with E-state index >= 15 is 0 Å². The van der Waals surface area contributed by atoms with E-state index in [0.717, 1.165) is 27.8 Å². The lowest BCUT2D eigenvalue weighted by molar-refractivity contribution is 0.294. The van der Waals surface area contributed by atoms with Gasteiger partial charge in [0.05, 0.1) is 5.52 Å². The van der Waals surface area contributed by atoms with E-state index in [1.165, 1.54) is 0 Å². The highest BCUT2D eigenvalue weighted by Crippen LogP contribution is 2.29. The van der Waals surface area contributed by atoms with Gasteiger partial charge in [0, 0.05) is 64.9 Å². The van der Waals surface area contributed by atoms with Gasteiger partial charge in [-0.2, -0.15) is 0 Å². The third kappa shape index (κ3) is 5.17. The highest BCUT2D eigenvalue weighted by molar-refractivity contribution is 6.31. The number of halogens is 3. The zero-order valence-corrected chi connectivity index (χ0v) is 16.9. The van der Waals surface area contributed by atoms with Crippen LogP contribution in [0.15, 0.2) is 48.7 Å². The number of fused-ring (bicyclic) bond motifs is 1. The maximum absolute atomic E-state index is 10.2. The summed E-state index contributed by atoms with van der Waals surface area (Å²) < 4.78 is 0. The molecule has 0 fully saturated rings. The maximum atomic E-state index is 10.2. The van der Waals surface area contributed by atoms with Crippen molar-refractivity contribution in [1.29, 1.82) is 0 Å². The molecular weight excluding hydrogens is 405 g/mol. The largest absolute Gasteiger partial charge is 0.508 e. The Kier molecular flexibility index (Phi) is 7.02. The van der Waals surface area contributed by atoms with Gasteiger partial charge in [-0.3, -0.25) is 9.88 Å². The summed E-state index contributed by atoms with van der Waals surface area (Å²) in [6, 6.07) is 13.0. The van der Waals surface area contributed by atoms with Crippen LogP contribution in [0.25, 0.3) is 10.9 Å². The van der Waals surface area contributed by atoms with Crippen LogP contribution in [0.4, 0.5) is 11.4 Å². The molecule has 4 nitrogen and oxygen atoms in total. The number of hydrogen-bond acceptors (Lipinski definition) is 4. The first-order valence-electron chi connectivity index (χ1n) is 8.58. The molecule has 1 aromatic heterocycles. The number of pyridine rings is 1. The van der Waals surface area contributed by atoms with Gasteiger partial charge in [0.1, 0.15) is 5.75 Å². The predicted molar refractivity (Wildman–Crippen MR) is 115 cm³/mol. The zero-order valence-electron chi connectivity index (χ0n) is 14.6. The predicted octanol–water partition coefficient (Wildman–Crippen LogP) is 5.62. The number of aromatic hydroxyl groups is 1. The summed E-state index contributed by atoms with van der Waals surface area (Å²) in [7, 11) is 0. The van der Waals surface area contributed by atoms with Crippen LogP contribution in [0.5, 0.6) is 5.75 Å². The molecule has 0 atom stereocenters. The van der Waals surface area contributed by atoms with Gasteiger partial charge >= 0.3 is 0 Å². The smallest absolute Gasteiger partial charge is 0.120 e. The molecule has 2 N–H and O–H groups in total. The van der Waals surface area contributed by atoms with Crippen LogP contribution in [-0.2, 0) is 6.54 Å². The Morgan fingerprint density at radius 3 is 2.52 bits per heavy atom. The van der Waals surface area contributed by atoms with Crippen LogP contribution in [0.2, 0.25) is 5.02 Å². The van der Waals surface area contributed by atoms with Crippen molar-refractivity contribution in [2.45, 2.75) is 6.54 Å². The van der Waals surface area contributed by atoms with E-state index in [1.807, 2.05) is 36.4 Å². The van der Waals surface area contributed by atoms with E-state index in [4.69, 9.17) is 34.8 Å². The number of phenolic OH excluding ortho intramolecular Hbond substituents is 1. The van der Waals surface area contributed by atoms with Crippen LogP contribution in [0, 0.1) is 0 Å². The molecule has 7 heteroatoms. The number of hydrogen-bond donors (Lipinski definition) is 2. The first kappa shape index (κ1) is 20.0. The molecule has 0 aliphatic carbocycles. The molecule has 3 aromatic rings. The molecule has 0 aliphatic heterocycles. The molecule has 0 radical (unpaired) electrons. The van der Waals surface area contributed by atoms with Crippen molar-refractivity contribution in [1.82, 2.24) is 9.88 Å². The first-order chi connectivity index (χ1) is 13.1. The number of anilines is 2. The topological polar surface area (TPSA) is 48.4 Å². The minimum Gasteiger partial charge on any atom is -0.508 e. The first-order valence-corrected chi connectivity index (χ1v) is 10.0. The minimum atomic E-state index is 0.251. The fraction of sp³-hybridized carbons (Fsp3) is 0.250. The van der Waals surface area contributed by atoms with Crippen LogP contribution >= 0.6 is 34.8 Å². The van der Waals surface area contributed by atoms with Crippen molar-refractivity contribution >= 4 is 57.1 Å². The Balaban J connectivity index is 1.86. The minimum absolute atomic E-state index is 0.251. The van der Waals surface area contributed by atoms with E-state index in [0.29, 0.717) is 36.4 Å². The van der Waals surface area contributed by atoms with Crippen LogP contribution < -0.4 is 5.32 Å². The average Bonchev–Trinajstić information content (AvgIpc) is 2.65. The molecular formula is C20H20Cl3N3O. The summed E-state index contributed by atoms with van der Waals surface area (Å²) >= 11 is 17.8. The Morgan fingerprint density at radius 2 is 1.78 bits per heavy atom. The molecule has 0 bridgehead atoms. The third-order valence-electron chi connectivity index (χ3n) is 4.26. The second-order valence-electron chi connectivity index (χ2n) is 6.14. The Morgan fingerprint density at radius 1 is 1.00 bits per heavy atom. The lowest BCUT2D eigenvalue weighted by Crippen LogP contribution is -2.27. The molecule has 0 aliphatic rings. The molecule has 142 valence electrons. The highest BCUT2D eigenvalue weighted by atomic mass is 35.5. The summed E-state index contributed by atoms with van der Waals surface area (Å²) in [6.45, 7) is 2.00. The summed E-state index contributed by atoms with van der Waals surface area (Å²) in [5, 5.41) is 15.3. The van der Waals surface area contributed by atoms with E-state index in [-0.39, 0.29) is 5.75 Å². The third-order valence-corrected chi connectivity index (χ3v) is 4.83. The van der Waals surface area contributed by atoms with Crippen LogP contribution in [0.3, 0.4) is 0 Å².